The Bertz CT molecular complexity index is 652. The van der Waals surface area contributed by atoms with E-state index in [2.05, 4.69) is 5.32 Å². The molecule has 0 radical (unpaired) electrons. The molecular weight excluding hydrogens is 320 g/mol. The topological polar surface area (TPSA) is 49.4 Å². The number of thioether (sulfide) groups is 1. The lowest BCUT2D eigenvalue weighted by atomic mass is 9.98. The van der Waals surface area contributed by atoms with E-state index in [4.69, 9.17) is 0 Å². The van der Waals surface area contributed by atoms with E-state index in [1.165, 1.54) is 11.8 Å². The van der Waals surface area contributed by atoms with Crippen molar-refractivity contribution in [2.45, 2.75) is 12.5 Å². The molecule has 0 bridgehead atoms. The summed E-state index contributed by atoms with van der Waals surface area (Å²) < 4.78 is 0. The second-order valence-electron chi connectivity index (χ2n) is 5.67. The van der Waals surface area contributed by atoms with E-state index < -0.39 is 0 Å². The average molecular weight is 340 g/mol. The Morgan fingerprint density at radius 1 is 1.04 bits per heavy atom. The number of hydrogen-bond acceptors (Lipinski definition) is 3. The van der Waals surface area contributed by atoms with Gasteiger partial charge in [0.25, 0.3) is 5.24 Å². The highest BCUT2D eigenvalue weighted by Crippen LogP contribution is 2.22. The van der Waals surface area contributed by atoms with Crippen molar-refractivity contribution in [1.29, 1.82) is 0 Å². The molecule has 0 atom stereocenters. The van der Waals surface area contributed by atoms with Crippen molar-refractivity contribution in [3.8, 4) is 0 Å². The Hall–Kier alpha value is -2.27. The summed E-state index contributed by atoms with van der Waals surface area (Å²) in [4.78, 5) is 25.8. The van der Waals surface area contributed by atoms with Crippen LogP contribution in [0.25, 0.3) is 0 Å². The van der Waals surface area contributed by atoms with Gasteiger partial charge in [0.2, 0.25) is 5.91 Å². The van der Waals surface area contributed by atoms with Crippen LogP contribution in [0.2, 0.25) is 0 Å². The normalized spacial score (nSPS) is 14.2. The Morgan fingerprint density at radius 2 is 1.62 bits per heavy atom. The van der Waals surface area contributed by atoms with E-state index in [0.29, 0.717) is 13.0 Å². The van der Waals surface area contributed by atoms with Crippen LogP contribution in [0.1, 0.15) is 23.6 Å². The molecule has 4 nitrogen and oxygen atoms in total. The Labute approximate surface area is 146 Å². The molecule has 1 fully saturated rings. The van der Waals surface area contributed by atoms with E-state index in [9.17, 15) is 9.59 Å². The zero-order chi connectivity index (χ0) is 16.8. The van der Waals surface area contributed by atoms with Crippen LogP contribution in [-0.2, 0) is 4.79 Å². The summed E-state index contributed by atoms with van der Waals surface area (Å²) in [6.45, 7) is 1.21. The minimum atomic E-state index is -0.177. The van der Waals surface area contributed by atoms with Crippen LogP contribution in [0.3, 0.4) is 0 Å². The van der Waals surface area contributed by atoms with E-state index >= 15 is 0 Å². The number of carbonyl (C=O) groups excluding carboxylic acids is 2. The van der Waals surface area contributed by atoms with Gasteiger partial charge in [0.05, 0.1) is 6.04 Å². The van der Waals surface area contributed by atoms with Crippen molar-refractivity contribution in [2.24, 2.45) is 0 Å². The van der Waals surface area contributed by atoms with E-state index in [1.807, 2.05) is 60.7 Å². The minimum Gasteiger partial charge on any atom is -0.345 e. The van der Waals surface area contributed by atoms with Gasteiger partial charge in [0.15, 0.2) is 0 Å². The average Bonchev–Trinajstić information content (AvgIpc) is 3.04. The number of benzene rings is 2. The van der Waals surface area contributed by atoms with Crippen LogP contribution in [-0.4, -0.2) is 34.9 Å². The monoisotopic (exact) mass is 340 g/mol. The van der Waals surface area contributed by atoms with Gasteiger partial charge in [0.1, 0.15) is 0 Å². The second-order valence-corrected chi connectivity index (χ2v) is 6.72. The Kier molecular flexibility index (Phi) is 5.54. The standard InChI is InChI=1S/C19H20N2O2S/c22-17(11-12-21-13-14-24-19(21)23)20-18(15-7-3-1-4-8-15)16-9-5-2-6-10-16/h1-10,18H,11-14H2,(H,20,22). The number of nitrogens with one attached hydrogen (secondary N) is 1. The van der Waals surface area contributed by atoms with Gasteiger partial charge in [-0.15, -0.1) is 0 Å². The zero-order valence-electron chi connectivity index (χ0n) is 13.4. The molecule has 5 heteroatoms. The van der Waals surface area contributed by atoms with Crippen molar-refractivity contribution in [1.82, 2.24) is 10.2 Å². The summed E-state index contributed by atoms with van der Waals surface area (Å²) in [5.41, 5.74) is 2.09. The third-order valence-electron chi connectivity index (χ3n) is 4.02. The molecule has 0 spiro atoms. The maximum Gasteiger partial charge on any atom is 0.281 e. The van der Waals surface area contributed by atoms with Crippen molar-refractivity contribution < 1.29 is 9.59 Å². The fourth-order valence-corrected chi connectivity index (χ4v) is 3.60. The van der Waals surface area contributed by atoms with Crippen LogP contribution in [0.4, 0.5) is 4.79 Å². The SMILES string of the molecule is O=C(CCN1CCSC1=O)NC(c1ccccc1)c1ccccc1. The van der Waals surface area contributed by atoms with Crippen LogP contribution in [0, 0.1) is 0 Å². The van der Waals surface area contributed by atoms with Gasteiger partial charge in [-0.1, -0.05) is 72.4 Å². The van der Waals surface area contributed by atoms with Gasteiger partial charge >= 0.3 is 0 Å². The maximum atomic E-state index is 12.4. The lowest BCUT2D eigenvalue weighted by Crippen LogP contribution is -2.33. The molecule has 24 heavy (non-hydrogen) atoms. The molecule has 2 aromatic carbocycles. The predicted octanol–water partition coefficient (Wildman–Crippen LogP) is 3.45. The number of amides is 2. The molecule has 1 aliphatic heterocycles. The molecule has 0 aromatic heterocycles. The van der Waals surface area contributed by atoms with Crippen LogP contribution >= 0.6 is 11.8 Å². The first-order valence-corrected chi connectivity index (χ1v) is 9.03. The molecule has 0 unspecified atom stereocenters. The van der Waals surface area contributed by atoms with Crippen LogP contribution in [0.5, 0.6) is 0 Å². The highest BCUT2D eigenvalue weighted by Gasteiger charge is 2.22. The molecule has 1 N–H and O–H groups in total. The summed E-state index contributed by atoms with van der Waals surface area (Å²) >= 11 is 1.32. The third-order valence-corrected chi connectivity index (χ3v) is 4.92. The number of carbonyl (C=O) groups is 2. The molecule has 124 valence electrons. The van der Waals surface area contributed by atoms with E-state index in [-0.39, 0.29) is 17.2 Å². The lowest BCUT2D eigenvalue weighted by molar-refractivity contribution is -0.121. The summed E-state index contributed by atoms with van der Waals surface area (Å²) in [5, 5.41) is 3.18. The highest BCUT2D eigenvalue weighted by molar-refractivity contribution is 8.13. The van der Waals surface area contributed by atoms with E-state index in [1.54, 1.807) is 4.90 Å². The summed E-state index contributed by atoms with van der Waals surface area (Å²) in [7, 11) is 0. The predicted molar refractivity (Wildman–Crippen MR) is 96.9 cm³/mol. The van der Waals surface area contributed by atoms with Gasteiger partial charge < -0.3 is 10.2 Å². The molecule has 1 heterocycles. The van der Waals surface area contributed by atoms with Crippen molar-refractivity contribution >= 4 is 22.9 Å². The third kappa shape index (κ3) is 4.17. The van der Waals surface area contributed by atoms with Gasteiger partial charge in [0, 0.05) is 25.3 Å². The highest BCUT2D eigenvalue weighted by atomic mass is 32.2. The fourth-order valence-electron chi connectivity index (χ4n) is 2.75. The maximum absolute atomic E-state index is 12.4. The Morgan fingerprint density at radius 3 is 2.12 bits per heavy atom. The molecule has 0 aliphatic carbocycles. The molecule has 2 amide bonds. The van der Waals surface area contributed by atoms with Crippen LogP contribution < -0.4 is 5.32 Å². The smallest absolute Gasteiger partial charge is 0.281 e. The lowest BCUT2D eigenvalue weighted by Gasteiger charge is -2.21. The fraction of sp³-hybridized carbons (Fsp3) is 0.263. The van der Waals surface area contributed by atoms with E-state index in [0.717, 1.165) is 23.4 Å². The molecule has 0 saturated carbocycles. The molecular formula is C19H20N2O2S. The molecule has 3 rings (SSSR count). The Balaban J connectivity index is 1.68. The first-order chi connectivity index (χ1) is 11.7. The van der Waals surface area contributed by atoms with Gasteiger partial charge in [-0.2, -0.15) is 0 Å². The van der Waals surface area contributed by atoms with Gasteiger partial charge in [-0.25, -0.2) is 0 Å². The first-order valence-electron chi connectivity index (χ1n) is 8.05. The molecule has 1 aliphatic rings. The van der Waals surface area contributed by atoms with Crippen molar-refractivity contribution in [3.05, 3.63) is 71.8 Å². The summed E-state index contributed by atoms with van der Waals surface area (Å²) in [5.74, 6) is 0.773. The quantitative estimate of drug-likeness (QED) is 0.876. The van der Waals surface area contributed by atoms with Crippen molar-refractivity contribution in [2.75, 3.05) is 18.8 Å². The zero-order valence-corrected chi connectivity index (χ0v) is 14.2. The number of hydrogen-bond donors (Lipinski definition) is 1. The summed E-state index contributed by atoms with van der Waals surface area (Å²) in [6, 6.07) is 19.7. The molecule has 2 aromatic rings. The van der Waals surface area contributed by atoms with Gasteiger partial charge in [-0.3, -0.25) is 9.59 Å². The largest absolute Gasteiger partial charge is 0.345 e. The summed E-state index contributed by atoms with van der Waals surface area (Å²) in [6.07, 6.45) is 0.322. The van der Waals surface area contributed by atoms with Crippen LogP contribution in [0.15, 0.2) is 60.7 Å². The number of rotatable bonds is 6. The van der Waals surface area contributed by atoms with Crippen molar-refractivity contribution in [3.63, 3.8) is 0 Å². The van der Waals surface area contributed by atoms with Gasteiger partial charge in [-0.05, 0) is 11.1 Å². The first kappa shape index (κ1) is 16.6. The number of nitrogens with zero attached hydrogens (tertiary/aromatic N) is 1. The molecule has 1 saturated heterocycles. The second kappa shape index (κ2) is 8.02. The minimum absolute atomic E-state index is 0.0441.